The lowest BCUT2D eigenvalue weighted by atomic mass is 9.91. The first-order valence-electron chi connectivity index (χ1n) is 12.6. The molecule has 0 amide bonds. The van der Waals surface area contributed by atoms with Crippen molar-refractivity contribution in [2.24, 2.45) is 5.73 Å². The van der Waals surface area contributed by atoms with Gasteiger partial charge in [-0.1, -0.05) is 31.6 Å². The fourth-order valence-corrected chi connectivity index (χ4v) is 4.11. The maximum atomic E-state index is 12.7. The van der Waals surface area contributed by atoms with Crippen molar-refractivity contribution >= 4 is 11.3 Å². The third-order valence-electron chi connectivity index (χ3n) is 6.26. The monoisotopic (exact) mass is 509 g/mol. The third kappa shape index (κ3) is 10.2. The zero-order chi connectivity index (χ0) is 26.6. The van der Waals surface area contributed by atoms with Gasteiger partial charge >= 0.3 is 6.18 Å². The molecule has 0 spiro atoms. The molecule has 2 aromatic carbocycles. The molecule has 2 aliphatic rings. The Bertz CT molecular complexity index is 956. The van der Waals surface area contributed by atoms with Crippen LogP contribution in [0.5, 0.6) is 5.75 Å². The predicted octanol–water partition coefficient (Wildman–Crippen LogP) is 7.06. The molecular formula is C28H39F4N3O. The molecule has 0 radical (unpaired) electrons. The second-order valence-corrected chi connectivity index (χ2v) is 9.16. The number of hydrogen-bond acceptors (Lipinski definition) is 4. The normalized spacial score (nSPS) is 17.9. The van der Waals surface area contributed by atoms with Crippen molar-refractivity contribution < 1.29 is 22.7 Å². The van der Waals surface area contributed by atoms with Gasteiger partial charge in [-0.3, -0.25) is 0 Å². The second kappa shape index (κ2) is 14.9. The zero-order valence-corrected chi connectivity index (χ0v) is 21.3. The Hall–Kier alpha value is -2.58. The molecule has 1 fully saturated rings. The van der Waals surface area contributed by atoms with Crippen LogP contribution < -0.4 is 11.1 Å². The molecule has 4 rings (SSSR count). The lowest BCUT2D eigenvalue weighted by molar-refractivity contribution is -0.139. The van der Waals surface area contributed by atoms with Crippen molar-refractivity contribution in [1.29, 1.82) is 0 Å². The van der Waals surface area contributed by atoms with Gasteiger partial charge in [0.25, 0.3) is 0 Å². The van der Waals surface area contributed by atoms with Crippen molar-refractivity contribution in [3.63, 3.8) is 0 Å². The van der Waals surface area contributed by atoms with Crippen LogP contribution >= 0.6 is 0 Å². The number of benzene rings is 2. The van der Waals surface area contributed by atoms with Crippen LogP contribution in [-0.2, 0) is 6.18 Å². The summed E-state index contributed by atoms with van der Waals surface area (Å²) in [6.07, 6.45) is 6.15. The number of phenolic OH excluding ortho intramolecular Hbond substituents is 1. The van der Waals surface area contributed by atoms with Crippen LogP contribution in [0.2, 0.25) is 0 Å². The van der Waals surface area contributed by atoms with E-state index in [0.717, 1.165) is 37.0 Å². The molecule has 1 unspecified atom stereocenters. The molecule has 4 N–H and O–H groups in total. The van der Waals surface area contributed by atoms with Gasteiger partial charge in [0, 0.05) is 18.8 Å². The van der Waals surface area contributed by atoms with Gasteiger partial charge in [0.2, 0.25) is 0 Å². The van der Waals surface area contributed by atoms with E-state index in [4.69, 9.17) is 5.73 Å². The van der Waals surface area contributed by atoms with Crippen LogP contribution in [0.15, 0.2) is 48.5 Å². The van der Waals surface area contributed by atoms with E-state index in [0.29, 0.717) is 11.8 Å². The number of allylic oxidation sites excluding steroid dienone is 1. The van der Waals surface area contributed by atoms with Crippen LogP contribution in [0.3, 0.4) is 0 Å². The number of likely N-dealkylation sites (tertiary alicyclic amines) is 1. The first kappa shape index (κ1) is 29.6. The van der Waals surface area contributed by atoms with E-state index in [1.807, 2.05) is 18.2 Å². The average molecular weight is 510 g/mol. The number of alkyl halides is 3. The van der Waals surface area contributed by atoms with Crippen LogP contribution in [0.25, 0.3) is 5.57 Å². The molecular weight excluding hydrogens is 470 g/mol. The lowest BCUT2D eigenvalue weighted by Gasteiger charge is -2.18. The number of aromatic hydroxyl groups is 1. The van der Waals surface area contributed by atoms with Gasteiger partial charge in [-0.25, -0.2) is 4.39 Å². The molecule has 36 heavy (non-hydrogen) atoms. The predicted molar refractivity (Wildman–Crippen MR) is 139 cm³/mol. The van der Waals surface area contributed by atoms with Crippen molar-refractivity contribution in [2.75, 3.05) is 32.0 Å². The first-order valence-corrected chi connectivity index (χ1v) is 12.6. The molecule has 0 bridgehead atoms. The fraction of sp³-hybridized carbons (Fsp3) is 0.500. The number of hydrogen-bond donors (Lipinski definition) is 3. The zero-order valence-electron chi connectivity index (χ0n) is 21.3. The van der Waals surface area contributed by atoms with Gasteiger partial charge in [0.1, 0.15) is 11.6 Å². The number of nitrogens with zero attached hydrogens (tertiary/aromatic N) is 1. The van der Waals surface area contributed by atoms with Crippen LogP contribution in [0.1, 0.15) is 63.0 Å². The Morgan fingerprint density at radius 3 is 2.39 bits per heavy atom. The van der Waals surface area contributed by atoms with Crippen LogP contribution in [-0.4, -0.2) is 42.7 Å². The van der Waals surface area contributed by atoms with Gasteiger partial charge in [-0.15, -0.1) is 0 Å². The summed E-state index contributed by atoms with van der Waals surface area (Å²) in [5.74, 6) is -0.926. The van der Waals surface area contributed by atoms with E-state index in [9.17, 15) is 22.7 Å². The van der Waals surface area contributed by atoms with Gasteiger partial charge in [0.15, 0.2) is 0 Å². The second-order valence-electron chi connectivity index (χ2n) is 9.16. The van der Waals surface area contributed by atoms with Crippen LogP contribution in [0, 0.1) is 5.82 Å². The van der Waals surface area contributed by atoms with Crippen molar-refractivity contribution in [3.8, 4) is 5.75 Å². The molecule has 4 nitrogen and oxygen atoms in total. The highest BCUT2D eigenvalue weighted by Crippen LogP contribution is 2.33. The highest BCUT2D eigenvalue weighted by molar-refractivity contribution is 5.67. The minimum atomic E-state index is -4.64. The van der Waals surface area contributed by atoms with Crippen LogP contribution in [0.4, 0.5) is 23.2 Å². The van der Waals surface area contributed by atoms with Gasteiger partial charge < -0.3 is 21.1 Å². The summed E-state index contributed by atoms with van der Waals surface area (Å²) in [6, 6.07) is 10.5. The molecule has 0 saturated carbocycles. The smallest absolute Gasteiger partial charge is 0.419 e. The summed E-state index contributed by atoms with van der Waals surface area (Å²) in [4.78, 5) is 2.57. The highest BCUT2D eigenvalue weighted by Gasteiger charge is 2.34. The minimum Gasteiger partial charge on any atom is -0.508 e. The molecule has 1 atom stereocenters. The number of anilines is 1. The molecule has 8 heteroatoms. The Kier molecular flexibility index (Phi) is 12.2. The summed E-state index contributed by atoms with van der Waals surface area (Å²) in [5, 5.41) is 11.8. The summed E-state index contributed by atoms with van der Waals surface area (Å²) in [6.45, 7) is 6.33. The third-order valence-corrected chi connectivity index (χ3v) is 6.26. The number of nitrogens with two attached hydrogens (primary N) is 1. The fourth-order valence-electron chi connectivity index (χ4n) is 4.11. The molecule has 0 aromatic heterocycles. The standard InChI is InChI=1S/C12H15NO.C8H7F4N.C8H17N/c13-11-6-4-9(5-7-11)10-2-1-3-12(14)8-10;1-13-5-2-3-7(9)6(4-5)8(10,11)12;1-2-3-6-9-7-4-5-8-9/h1-4,8,11,14H,5-7,13H2;2-4,13H,1H3;2-8H2,1H3. The Morgan fingerprint density at radius 1 is 1.11 bits per heavy atom. The minimum absolute atomic E-state index is 0.230. The lowest BCUT2D eigenvalue weighted by Crippen LogP contribution is -2.21. The quantitative estimate of drug-likeness (QED) is 0.378. The van der Waals surface area contributed by atoms with Crippen molar-refractivity contribution in [3.05, 3.63) is 65.5 Å². The summed E-state index contributed by atoms with van der Waals surface area (Å²) in [7, 11) is 1.47. The van der Waals surface area contributed by atoms with Crippen molar-refractivity contribution in [1.82, 2.24) is 4.90 Å². The average Bonchev–Trinajstić information content (AvgIpc) is 3.37. The van der Waals surface area contributed by atoms with E-state index >= 15 is 0 Å². The molecule has 1 aliphatic carbocycles. The van der Waals surface area contributed by atoms with E-state index in [1.54, 1.807) is 6.07 Å². The number of rotatable bonds is 5. The Labute approximate surface area is 212 Å². The molecule has 1 saturated heterocycles. The first-order chi connectivity index (χ1) is 17.1. The van der Waals surface area contributed by atoms with Gasteiger partial charge in [-0.05, 0) is 99.6 Å². The molecule has 1 aliphatic heterocycles. The Morgan fingerprint density at radius 2 is 1.83 bits per heavy atom. The maximum Gasteiger partial charge on any atom is 0.419 e. The maximum absolute atomic E-state index is 12.7. The molecule has 200 valence electrons. The van der Waals surface area contributed by atoms with Gasteiger partial charge in [-0.2, -0.15) is 13.2 Å². The molecule has 2 aromatic rings. The highest BCUT2D eigenvalue weighted by atomic mass is 19.4. The number of halogens is 4. The topological polar surface area (TPSA) is 61.5 Å². The summed E-state index contributed by atoms with van der Waals surface area (Å²) >= 11 is 0. The number of nitrogens with one attached hydrogen (secondary N) is 1. The summed E-state index contributed by atoms with van der Waals surface area (Å²) < 4.78 is 48.9. The SMILES string of the molecule is CCCCN1CCCC1.CNc1ccc(F)c(C(F)(F)F)c1.NC1CC=C(c2cccc(O)c2)CC1. The number of phenols is 1. The number of unbranched alkanes of at least 4 members (excludes halogenated alkanes) is 1. The van der Waals surface area contributed by atoms with Crippen molar-refractivity contribution in [2.45, 2.75) is 64.1 Å². The largest absolute Gasteiger partial charge is 0.508 e. The van der Waals surface area contributed by atoms with Gasteiger partial charge in [0.05, 0.1) is 5.56 Å². The van der Waals surface area contributed by atoms with E-state index in [-0.39, 0.29) is 5.69 Å². The van der Waals surface area contributed by atoms with E-state index in [1.165, 1.54) is 64.0 Å². The summed E-state index contributed by atoms with van der Waals surface area (Å²) in [5.41, 5.74) is 7.22. The van der Waals surface area contributed by atoms with E-state index in [2.05, 4.69) is 23.2 Å². The Balaban J connectivity index is 0.000000195. The molecule has 1 heterocycles. The van der Waals surface area contributed by atoms with E-state index < -0.39 is 17.6 Å².